The summed E-state index contributed by atoms with van der Waals surface area (Å²) in [5, 5.41) is 11.5. The molecule has 0 radical (unpaired) electrons. The van der Waals surface area contributed by atoms with Crippen molar-refractivity contribution < 1.29 is 9.90 Å². The molecule has 0 N–H and O–H groups in total. The topological polar surface area (TPSA) is 43.4 Å². The van der Waals surface area contributed by atoms with Crippen molar-refractivity contribution in [1.82, 2.24) is 0 Å². The van der Waals surface area contributed by atoms with Crippen LogP contribution in [0.2, 0.25) is 0 Å². The molecule has 0 saturated carbocycles. The third kappa shape index (κ3) is 1.47. The van der Waals surface area contributed by atoms with E-state index in [9.17, 15) is 9.90 Å². The normalized spacial score (nSPS) is 20.5. The number of anilines is 1. The molecular formula is C14H10NO2Se-. The molecular weight excluding hydrogens is 293 g/mol. The molecule has 3 rings (SSSR count). The van der Waals surface area contributed by atoms with Crippen LogP contribution in [0.3, 0.4) is 0 Å². The maximum atomic E-state index is 11.5. The molecule has 0 unspecified atom stereocenters. The molecule has 90 valence electrons. The second-order valence-electron chi connectivity index (χ2n) is 4.16. The van der Waals surface area contributed by atoms with Crippen LogP contribution in [0.15, 0.2) is 58.4 Å². The Morgan fingerprint density at radius 2 is 2.11 bits per heavy atom. The van der Waals surface area contributed by atoms with E-state index in [2.05, 4.69) is 12.6 Å². The first-order valence-electron chi connectivity index (χ1n) is 5.47. The van der Waals surface area contributed by atoms with Gasteiger partial charge in [0.05, 0.1) is 0 Å². The van der Waals surface area contributed by atoms with Crippen LogP contribution >= 0.6 is 0 Å². The van der Waals surface area contributed by atoms with Gasteiger partial charge in [0.1, 0.15) is 0 Å². The van der Waals surface area contributed by atoms with Crippen molar-refractivity contribution in [3.8, 4) is 0 Å². The van der Waals surface area contributed by atoms with Crippen LogP contribution in [0.4, 0.5) is 5.69 Å². The van der Waals surface area contributed by atoms with E-state index in [1.54, 1.807) is 6.08 Å². The Hall–Kier alpha value is -1.77. The molecule has 2 aliphatic rings. The fourth-order valence-electron chi connectivity index (χ4n) is 1.97. The monoisotopic (exact) mass is 304 g/mol. The first kappa shape index (κ1) is 11.3. The fraction of sp³-hybridized carbons (Fsp3) is 0.0714. The summed E-state index contributed by atoms with van der Waals surface area (Å²) in [7, 11) is 1.96. The van der Waals surface area contributed by atoms with Crippen LogP contribution in [-0.2, 0) is 4.79 Å². The van der Waals surface area contributed by atoms with Crippen LogP contribution in [0.5, 0.6) is 0 Å². The Bertz CT molecular complexity index is 643. The van der Waals surface area contributed by atoms with Gasteiger partial charge in [0, 0.05) is 0 Å². The number of para-hydroxylation sites is 1. The Kier molecular flexibility index (Phi) is 2.44. The number of carbonyl (C=O) groups is 1. The zero-order chi connectivity index (χ0) is 12.9. The molecule has 18 heavy (non-hydrogen) atoms. The van der Waals surface area contributed by atoms with Gasteiger partial charge in [-0.3, -0.25) is 0 Å². The number of Topliss-reactive ketones (excluding diaryl/α,β-unsaturated/α-hetero) is 1. The van der Waals surface area contributed by atoms with E-state index >= 15 is 0 Å². The van der Waals surface area contributed by atoms with Gasteiger partial charge in [-0.25, -0.2) is 0 Å². The standard InChI is InChI=1S/C14H11NO2Se/c1-8-13(16)9(14(8)17)7-12-15(2)10-5-3-4-6-11(10)18-12/h3-7,16H,1H2,2H3/p-1/b12-7-. The van der Waals surface area contributed by atoms with Crippen molar-refractivity contribution in [3.63, 3.8) is 0 Å². The molecule has 1 aromatic carbocycles. The second kappa shape index (κ2) is 3.87. The predicted octanol–water partition coefficient (Wildman–Crippen LogP) is 0.0606. The maximum absolute atomic E-state index is 11.5. The van der Waals surface area contributed by atoms with Crippen molar-refractivity contribution in [1.29, 1.82) is 0 Å². The number of carbonyl (C=O) groups excluding carboxylic acids is 1. The molecule has 0 atom stereocenters. The Morgan fingerprint density at radius 1 is 1.39 bits per heavy atom. The van der Waals surface area contributed by atoms with Gasteiger partial charge >= 0.3 is 111 Å². The first-order chi connectivity index (χ1) is 8.59. The predicted molar refractivity (Wildman–Crippen MR) is 69.5 cm³/mol. The molecule has 0 aromatic heterocycles. The first-order valence-corrected chi connectivity index (χ1v) is 7.18. The van der Waals surface area contributed by atoms with Gasteiger partial charge < -0.3 is 0 Å². The number of nitrogens with zero attached hydrogens (tertiary/aromatic N) is 1. The van der Waals surface area contributed by atoms with E-state index in [4.69, 9.17) is 0 Å². The number of benzene rings is 1. The van der Waals surface area contributed by atoms with Crippen LogP contribution in [0.1, 0.15) is 0 Å². The number of hydrogen-bond donors (Lipinski definition) is 0. The summed E-state index contributed by atoms with van der Waals surface area (Å²) < 4.78 is 2.31. The van der Waals surface area contributed by atoms with Crippen molar-refractivity contribution in [2.75, 3.05) is 11.9 Å². The molecule has 0 amide bonds. The van der Waals surface area contributed by atoms with Gasteiger partial charge in [0.2, 0.25) is 0 Å². The van der Waals surface area contributed by atoms with Crippen molar-refractivity contribution in [2.45, 2.75) is 0 Å². The van der Waals surface area contributed by atoms with Gasteiger partial charge in [-0.2, -0.15) is 0 Å². The van der Waals surface area contributed by atoms with Crippen molar-refractivity contribution >= 4 is 30.9 Å². The summed E-state index contributed by atoms with van der Waals surface area (Å²) in [4.78, 5) is 13.6. The van der Waals surface area contributed by atoms with Crippen LogP contribution in [0, 0.1) is 0 Å². The average Bonchev–Trinajstić information content (AvgIpc) is 2.72. The summed E-state index contributed by atoms with van der Waals surface area (Å²) >= 11 is 0.149. The van der Waals surface area contributed by atoms with Gasteiger partial charge in [0.15, 0.2) is 0 Å². The van der Waals surface area contributed by atoms with Gasteiger partial charge in [-0.05, 0) is 0 Å². The number of ketones is 1. The molecule has 1 aromatic rings. The van der Waals surface area contributed by atoms with Gasteiger partial charge in [-0.15, -0.1) is 0 Å². The molecule has 0 fully saturated rings. The summed E-state index contributed by atoms with van der Waals surface area (Å²) in [6, 6.07) is 8.13. The van der Waals surface area contributed by atoms with E-state index in [0.29, 0.717) is 0 Å². The molecule has 3 nitrogen and oxygen atoms in total. The minimum absolute atomic E-state index is 0.104. The zero-order valence-corrected chi connectivity index (χ0v) is 11.5. The molecule has 0 spiro atoms. The minimum atomic E-state index is -0.215. The number of fused-ring (bicyclic) bond motifs is 1. The SMILES string of the molecule is C=C1C(=O)C(/C=C2\[Se]c3ccccc3N2C)=C1[O-]. The van der Waals surface area contributed by atoms with Crippen molar-refractivity contribution in [2.24, 2.45) is 0 Å². The van der Waals surface area contributed by atoms with Crippen LogP contribution in [-0.4, -0.2) is 27.8 Å². The molecule has 4 heteroatoms. The van der Waals surface area contributed by atoms with E-state index in [1.807, 2.05) is 30.1 Å². The number of rotatable bonds is 1. The third-order valence-electron chi connectivity index (χ3n) is 3.08. The Balaban J connectivity index is 1.99. The average molecular weight is 303 g/mol. The fourth-order valence-corrected chi connectivity index (χ4v) is 4.26. The Labute approximate surface area is 111 Å². The van der Waals surface area contributed by atoms with E-state index in [1.165, 1.54) is 4.46 Å². The summed E-state index contributed by atoms with van der Waals surface area (Å²) in [6.45, 7) is 3.45. The van der Waals surface area contributed by atoms with Gasteiger partial charge in [-0.1, -0.05) is 0 Å². The summed E-state index contributed by atoms with van der Waals surface area (Å²) in [5.74, 6) is -0.430. The Morgan fingerprint density at radius 3 is 2.78 bits per heavy atom. The number of allylic oxidation sites excluding steroid dienone is 3. The molecule has 0 bridgehead atoms. The molecule has 1 heterocycles. The molecule has 1 aliphatic heterocycles. The van der Waals surface area contributed by atoms with Crippen LogP contribution in [0.25, 0.3) is 0 Å². The van der Waals surface area contributed by atoms with Crippen LogP contribution < -0.4 is 14.5 Å². The molecule has 0 saturated heterocycles. The van der Waals surface area contributed by atoms with Gasteiger partial charge in [0.25, 0.3) is 0 Å². The van der Waals surface area contributed by atoms with E-state index < -0.39 is 0 Å². The summed E-state index contributed by atoms with van der Waals surface area (Å²) in [5.41, 5.74) is 1.53. The van der Waals surface area contributed by atoms with E-state index in [0.717, 1.165) is 10.3 Å². The zero-order valence-electron chi connectivity index (χ0n) is 9.77. The summed E-state index contributed by atoms with van der Waals surface area (Å²) in [6.07, 6.45) is 1.72. The molecule has 1 aliphatic carbocycles. The number of hydrogen-bond acceptors (Lipinski definition) is 3. The third-order valence-corrected chi connectivity index (χ3v) is 5.52. The van der Waals surface area contributed by atoms with Crippen molar-refractivity contribution in [3.05, 3.63) is 58.4 Å². The quantitative estimate of drug-likeness (QED) is 0.544. The van der Waals surface area contributed by atoms with E-state index in [-0.39, 0.29) is 37.6 Å². The second-order valence-corrected chi connectivity index (χ2v) is 6.39.